The van der Waals surface area contributed by atoms with Crippen LogP contribution in [-0.2, 0) is 0 Å². The van der Waals surface area contributed by atoms with E-state index in [4.69, 9.17) is 46.4 Å². The molecule has 168 valence electrons. The lowest BCUT2D eigenvalue weighted by Crippen LogP contribution is -2.23. The van der Waals surface area contributed by atoms with Gasteiger partial charge in [-0.05, 0) is 36.4 Å². The molecule has 0 aliphatic heterocycles. The molecule has 0 fully saturated rings. The van der Waals surface area contributed by atoms with Crippen molar-refractivity contribution in [3.63, 3.8) is 0 Å². The lowest BCUT2D eigenvalue weighted by atomic mass is 9.82. The summed E-state index contributed by atoms with van der Waals surface area (Å²) in [5.74, 6) is -0.571. The van der Waals surface area contributed by atoms with E-state index in [0.29, 0.717) is 42.8 Å². The zero-order valence-corrected chi connectivity index (χ0v) is 20.3. The summed E-state index contributed by atoms with van der Waals surface area (Å²) in [6.45, 7) is 0. The number of carbonyl (C=O) groups is 2. The molecule has 2 N–H and O–H groups in total. The molecule has 4 nitrogen and oxygen atoms in total. The normalized spacial score (nSPS) is 12.2. The van der Waals surface area contributed by atoms with E-state index in [-0.39, 0.29) is 33.8 Å². The Morgan fingerprint density at radius 1 is 0.471 bits per heavy atom. The molecule has 1 aliphatic carbocycles. The van der Waals surface area contributed by atoms with Crippen LogP contribution in [0.25, 0.3) is 0 Å². The molecule has 0 aromatic heterocycles. The summed E-state index contributed by atoms with van der Waals surface area (Å²) in [6.07, 6.45) is 0. The van der Waals surface area contributed by atoms with Crippen molar-refractivity contribution >= 4 is 80.7 Å². The van der Waals surface area contributed by atoms with Gasteiger partial charge in [-0.25, -0.2) is 0 Å². The highest BCUT2D eigenvalue weighted by molar-refractivity contribution is 6.44. The zero-order valence-electron chi connectivity index (χ0n) is 17.3. The van der Waals surface area contributed by atoms with Crippen molar-refractivity contribution in [2.75, 3.05) is 10.6 Å². The van der Waals surface area contributed by atoms with Gasteiger partial charge in [-0.15, -0.1) is 0 Å². The lowest BCUT2D eigenvalue weighted by Gasteiger charge is -2.23. The number of halogens is 4. The molecule has 8 heteroatoms. The van der Waals surface area contributed by atoms with Crippen molar-refractivity contribution in [3.05, 3.63) is 115 Å². The molecule has 0 heterocycles. The Bertz CT molecular complexity index is 1390. The Morgan fingerprint density at radius 2 is 0.824 bits per heavy atom. The van der Waals surface area contributed by atoms with Gasteiger partial charge < -0.3 is 10.6 Å². The van der Waals surface area contributed by atoms with E-state index >= 15 is 0 Å². The van der Waals surface area contributed by atoms with Crippen molar-refractivity contribution in [1.29, 1.82) is 0 Å². The second kappa shape index (κ2) is 8.97. The Kier molecular flexibility index (Phi) is 6.00. The quantitative estimate of drug-likeness (QED) is 0.246. The van der Waals surface area contributed by atoms with Crippen LogP contribution in [0.1, 0.15) is 31.8 Å². The van der Waals surface area contributed by atoms with Gasteiger partial charge in [0.15, 0.2) is 11.6 Å². The van der Waals surface area contributed by atoms with Crippen LogP contribution in [0.3, 0.4) is 0 Å². The molecule has 4 aromatic rings. The monoisotopic (exact) mass is 526 g/mol. The third kappa shape index (κ3) is 3.83. The summed E-state index contributed by atoms with van der Waals surface area (Å²) < 4.78 is 0. The molecule has 0 saturated heterocycles. The van der Waals surface area contributed by atoms with Crippen molar-refractivity contribution < 1.29 is 9.59 Å². The predicted octanol–water partition coefficient (Wildman–Crippen LogP) is 8.56. The molecule has 0 unspecified atom stereocenters. The molecule has 0 amide bonds. The Balaban J connectivity index is 1.60. The fraction of sp³-hybridized carbons (Fsp3) is 0. The molecule has 0 radical (unpaired) electrons. The number of rotatable bonds is 4. The Morgan fingerprint density at radius 3 is 1.24 bits per heavy atom. The number of carbonyl (C=O) groups excluding carboxylic acids is 2. The number of nitrogens with one attached hydrogen (secondary N) is 2. The van der Waals surface area contributed by atoms with Gasteiger partial charge in [0, 0.05) is 11.1 Å². The fourth-order valence-electron chi connectivity index (χ4n) is 3.94. The molecule has 34 heavy (non-hydrogen) atoms. The molecule has 0 saturated carbocycles. The molecular formula is C26H14Cl4N2O2. The Hall–Kier alpha value is -3.02. The van der Waals surface area contributed by atoms with E-state index in [0.717, 1.165) is 0 Å². The fourth-order valence-corrected chi connectivity index (χ4v) is 4.64. The second-order valence-electron chi connectivity index (χ2n) is 7.57. The highest BCUT2D eigenvalue weighted by atomic mass is 35.5. The van der Waals surface area contributed by atoms with Crippen LogP contribution in [0.5, 0.6) is 0 Å². The van der Waals surface area contributed by atoms with E-state index in [2.05, 4.69) is 10.6 Å². The standard InChI is InChI=1S/C26H14Cl4N2O2/c27-15-7-3-11-19(23(15)29)31-17-9-1-5-13-21(17)26(34)14-6-2-10-18(22(14)25(13)33)32-20-12-4-8-16(28)24(20)30/h1-12,31-32H. The average Bonchev–Trinajstić information content (AvgIpc) is 2.83. The van der Waals surface area contributed by atoms with Gasteiger partial charge in [0.05, 0.1) is 54.0 Å². The minimum atomic E-state index is -0.285. The first-order valence-electron chi connectivity index (χ1n) is 10.1. The first kappa shape index (κ1) is 22.8. The van der Waals surface area contributed by atoms with Crippen LogP contribution in [0, 0.1) is 0 Å². The van der Waals surface area contributed by atoms with Crippen LogP contribution in [0.4, 0.5) is 22.7 Å². The van der Waals surface area contributed by atoms with Gasteiger partial charge >= 0.3 is 0 Å². The molecule has 1 aliphatic rings. The highest BCUT2D eigenvalue weighted by Gasteiger charge is 2.33. The van der Waals surface area contributed by atoms with Crippen molar-refractivity contribution in [3.8, 4) is 0 Å². The topological polar surface area (TPSA) is 58.2 Å². The SMILES string of the molecule is O=C1c2cccc(Nc3cccc(Cl)c3Cl)c2C(=O)c2cccc(Nc3cccc(Cl)c3Cl)c21. The van der Waals surface area contributed by atoms with E-state index in [9.17, 15) is 9.59 Å². The van der Waals surface area contributed by atoms with Gasteiger partial charge in [-0.3, -0.25) is 9.59 Å². The lowest BCUT2D eigenvalue weighted by molar-refractivity contribution is 0.0980. The number of fused-ring (bicyclic) bond motifs is 2. The summed E-state index contributed by atoms with van der Waals surface area (Å²) in [5, 5.41) is 7.70. The number of ketones is 2. The molecule has 0 bridgehead atoms. The van der Waals surface area contributed by atoms with Crippen molar-refractivity contribution in [2.24, 2.45) is 0 Å². The predicted molar refractivity (Wildman–Crippen MR) is 139 cm³/mol. The van der Waals surface area contributed by atoms with Crippen LogP contribution in [-0.4, -0.2) is 11.6 Å². The summed E-state index contributed by atoms with van der Waals surface area (Å²) >= 11 is 24.9. The maximum atomic E-state index is 13.6. The maximum absolute atomic E-state index is 13.6. The zero-order chi connectivity index (χ0) is 24.0. The molecule has 4 aromatic carbocycles. The van der Waals surface area contributed by atoms with Crippen LogP contribution >= 0.6 is 46.4 Å². The first-order valence-corrected chi connectivity index (χ1v) is 11.7. The number of hydrogen-bond acceptors (Lipinski definition) is 4. The molecular weight excluding hydrogens is 514 g/mol. The summed E-state index contributed by atoms with van der Waals surface area (Å²) in [7, 11) is 0. The van der Waals surface area contributed by atoms with Crippen LogP contribution in [0.2, 0.25) is 20.1 Å². The first-order chi connectivity index (χ1) is 16.4. The van der Waals surface area contributed by atoms with E-state index in [1.165, 1.54) is 0 Å². The average molecular weight is 528 g/mol. The van der Waals surface area contributed by atoms with E-state index in [1.54, 1.807) is 72.8 Å². The minimum Gasteiger partial charge on any atom is -0.354 e. The van der Waals surface area contributed by atoms with Gasteiger partial charge in [0.2, 0.25) is 0 Å². The van der Waals surface area contributed by atoms with Crippen LogP contribution in [0.15, 0.2) is 72.8 Å². The van der Waals surface area contributed by atoms with Crippen molar-refractivity contribution in [1.82, 2.24) is 0 Å². The van der Waals surface area contributed by atoms with Gasteiger partial charge in [-0.2, -0.15) is 0 Å². The summed E-state index contributed by atoms with van der Waals surface area (Å²) in [6, 6.07) is 20.4. The van der Waals surface area contributed by atoms with Crippen molar-refractivity contribution in [2.45, 2.75) is 0 Å². The third-order valence-corrected chi connectivity index (χ3v) is 7.15. The molecule has 0 atom stereocenters. The maximum Gasteiger partial charge on any atom is 0.196 e. The highest BCUT2D eigenvalue weighted by Crippen LogP contribution is 2.40. The smallest absolute Gasteiger partial charge is 0.196 e. The minimum absolute atomic E-state index is 0.272. The summed E-state index contributed by atoms with van der Waals surface area (Å²) in [5.41, 5.74) is 3.09. The Labute approximate surface area is 215 Å². The molecule has 5 rings (SSSR count). The van der Waals surface area contributed by atoms with Gasteiger partial charge in [0.1, 0.15) is 0 Å². The summed E-state index contributed by atoms with van der Waals surface area (Å²) in [4.78, 5) is 27.2. The number of hydrogen-bond donors (Lipinski definition) is 2. The van der Waals surface area contributed by atoms with E-state index in [1.807, 2.05) is 0 Å². The second-order valence-corrected chi connectivity index (χ2v) is 9.14. The number of anilines is 4. The van der Waals surface area contributed by atoms with Gasteiger partial charge in [-0.1, -0.05) is 82.8 Å². The third-order valence-electron chi connectivity index (χ3n) is 5.51. The van der Waals surface area contributed by atoms with Crippen LogP contribution < -0.4 is 10.6 Å². The molecule has 0 spiro atoms. The largest absolute Gasteiger partial charge is 0.354 e. The van der Waals surface area contributed by atoms with Gasteiger partial charge in [0.25, 0.3) is 0 Å². The number of benzene rings is 4. The van der Waals surface area contributed by atoms with E-state index < -0.39 is 0 Å².